The van der Waals surface area contributed by atoms with Crippen LogP contribution in [0.3, 0.4) is 0 Å². The molecular weight excluding hydrogens is 454 g/mol. The molecule has 0 aromatic heterocycles. The average molecular weight is 488 g/mol. The Morgan fingerprint density at radius 2 is 1.82 bits per heavy atom. The Kier molecular flexibility index (Phi) is 4.48. The summed E-state index contributed by atoms with van der Waals surface area (Å²) in [5, 5.41) is -0.567. The van der Waals surface area contributed by atoms with Crippen LogP contribution in [0.4, 0.5) is 4.79 Å². The summed E-state index contributed by atoms with van der Waals surface area (Å²) >= 11 is 0.729. The summed E-state index contributed by atoms with van der Waals surface area (Å²) in [5.41, 5.74) is -1.26. The number of hydrogen-bond donors (Lipinski definition) is 0. The van der Waals surface area contributed by atoms with Crippen LogP contribution < -0.4 is 0 Å². The van der Waals surface area contributed by atoms with E-state index in [0.29, 0.717) is 19.3 Å². The second kappa shape index (κ2) is 6.64. The molecule has 4 aliphatic carbocycles. The fourth-order valence-corrected chi connectivity index (χ4v) is 9.15. The summed E-state index contributed by atoms with van der Waals surface area (Å²) in [4.78, 5) is 40.0. The molecule has 0 aromatic rings. The number of nitrogens with zero attached hydrogens (tertiary/aromatic N) is 1. The molecular formula is C26H33NO6S. The molecule has 1 amide bonds. The minimum absolute atomic E-state index is 0.0319. The first kappa shape index (κ1) is 23.0. The highest BCUT2D eigenvalue weighted by Crippen LogP contribution is 2.77. The molecule has 6 rings (SSSR count). The molecule has 2 saturated carbocycles. The van der Waals surface area contributed by atoms with Gasteiger partial charge in [-0.15, -0.1) is 0 Å². The summed E-state index contributed by atoms with van der Waals surface area (Å²) in [6.45, 7) is 8.04. The van der Waals surface area contributed by atoms with Crippen LogP contribution in [-0.2, 0) is 23.8 Å². The highest BCUT2D eigenvalue weighted by atomic mass is 32.2. The molecule has 34 heavy (non-hydrogen) atoms. The van der Waals surface area contributed by atoms with Gasteiger partial charge in [-0.1, -0.05) is 24.6 Å². The van der Waals surface area contributed by atoms with Crippen molar-refractivity contribution in [3.8, 4) is 0 Å². The van der Waals surface area contributed by atoms with Gasteiger partial charge in [0.05, 0.1) is 12.2 Å². The van der Waals surface area contributed by atoms with Crippen LogP contribution in [0.2, 0.25) is 0 Å². The summed E-state index contributed by atoms with van der Waals surface area (Å²) in [5.74, 6) is -0.453. The van der Waals surface area contributed by atoms with Crippen LogP contribution in [0.1, 0.15) is 53.4 Å². The molecule has 8 heteroatoms. The largest absolute Gasteiger partial charge is 0.364 e. The molecule has 1 spiro atoms. The molecule has 0 N–H and O–H groups in total. The number of epoxide rings is 1. The lowest BCUT2D eigenvalue weighted by atomic mass is 9.47. The van der Waals surface area contributed by atoms with Crippen LogP contribution in [0.15, 0.2) is 23.8 Å². The molecule has 0 radical (unpaired) electrons. The zero-order chi connectivity index (χ0) is 24.5. The quantitative estimate of drug-likeness (QED) is 0.410. The predicted molar refractivity (Wildman–Crippen MR) is 126 cm³/mol. The maximum absolute atomic E-state index is 13.9. The number of ether oxygens (including phenoxy) is 3. The van der Waals surface area contributed by atoms with Gasteiger partial charge >= 0.3 is 0 Å². The lowest BCUT2D eigenvalue weighted by molar-refractivity contribution is -0.205. The number of amides is 1. The molecule has 2 aliphatic heterocycles. The van der Waals surface area contributed by atoms with Gasteiger partial charge in [-0.25, -0.2) is 0 Å². The van der Waals surface area contributed by atoms with Gasteiger partial charge in [-0.2, -0.15) is 0 Å². The monoisotopic (exact) mass is 487 g/mol. The number of thioether (sulfide) groups is 1. The van der Waals surface area contributed by atoms with Gasteiger partial charge in [-0.05, 0) is 57.9 Å². The van der Waals surface area contributed by atoms with Gasteiger partial charge in [-0.3, -0.25) is 14.4 Å². The maximum atomic E-state index is 13.9. The van der Waals surface area contributed by atoms with Crippen molar-refractivity contribution in [1.29, 1.82) is 0 Å². The van der Waals surface area contributed by atoms with Crippen molar-refractivity contribution in [2.45, 2.75) is 82.6 Å². The van der Waals surface area contributed by atoms with Crippen molar-refractivity contribution in [2.75, 3.05) is 14.1 Å². The minimum Gasteiger partial charge on any atom is -0.364 e. The van der Waals surface area contributed by atoms with Crippen molar-refractivity contribution in [3.05, 3.63) is 23.8 Å². The Hall–Kier alpha value is -1.48. The van der Waals surface area contributed by atoms with E-state index in [9.17, 15) is 14.4 Å². The molecule has 0 bridgehead atoms. The number of carbonyl (C=O) groups is 3. The van der Waals surface area contributed by atoms with E-state index in [0.717, 1.165) is 23.8 Å². The molecule has 4 fully saturated rings. The van der Waals surface area contributed by atoms with Crippen LogP contribution >= 0.6 is 11.8 Å². The van der Waals surface area contributed by atoms with E-state index in [2.05, 4.69) is 26.0 Å². The van der Waals surface area contributed by atoms with E-state index in [4.69, 9.17) is 14.2 Å². The van der Waals surface area contributed by atoms with Crippen LogP contribution in [-0.4, -0.2) is 64.3 Å². The number of carbonyl (C=O) groups excluding carboxylic acids is 3. The predicted octanol–water partition coefficient (Wildman–Crippen LogP) is 3.87. The van der Waals surface area contributed by atoms with Gasteiger partial charge in [0.1, 0.15) is 5.60 Å². The zero-order valence-electron chi connectivity index (χ0n) is 20.7. The van der Waals surface area contributed by atoms with Crippen molar-refractivity contribution in [1.82, 2.24) is 4.90 Å². The fraction of sp³-hybridized carbons (Fsp3) is 0.731. The van der Waals surface area contributed by atoms with Crippen molar-refractivity contribution in [2.24, 2.45) is 22.7 Å². The molecule has 8 atom stereocenters. The summed E-state index contributed by atoms with van der Waals surface area (Å²) in [7, 11) is 3.30. The molecule has 4 unspecified atom stereocenters. The van der Waals surface area contributed by atoms with Crippen molar-refractivity contribution < 1.29 is 28.6 Å². The second-order valence-corrected chi connectivity index (χ2v) is 12.9. The number of hydrogen-bond acceptors (Lipinski definition) is 7. The molecule has 6 aliphatic rings. The fourth-order valence-electron chi connectivity index (χ4n) is 8.25. The molecule has 184 valence electrons. The third kappa shape index (κ3) is 2.53. The third-order valence-corrected chi connectivity index (χ3v) is 10.8. The van der Waals surface area contributed by atoms with E-state index in [1.165, 1.54) is 4.90 Å². The number of fused-ring (bicyclic) bond motifs is 5. The normalized spacial score (nSPS) is 49.2. The standard InChI is InChI=1S/C26H33NO6S/c1-22(2)31-18-12-17-16-8-7-14-11-15(28)9-10-23(14,3)25(16)19(32-25)13-24(17,4)26(18,33-22)20(29)34-21(30)27(5)6/h7,9-10,16-19H,8,11-13H2,1-6H3/t16?,17?,18-,19+,23?,24?,25-,26+/m1/s1. The molecule has 7 nitrogen and oxygen atoms in total. The first-order valence-electron chi connectivity index (χ1n) is 12.2. The number of allylic oxidation sites excluding steroid dienone is 2. The molecule has 2 saturated heterocycles. The molecule has 2 heterocycles. The Morgan fingerprint density at radius 1 is 1.09 bits per heavy atom. The Balaban J connectivity index is 1.43. The van der Waals surface area contributed by atoms with Crippen LogP contribution in [0.25, 0.3) is 0 Å². The summed E-state index contributed by atoms with van der Waals surface area (Å²) < 4.78 is 19.6. The van der Waals surface area contributed by atoms with Gasteiger partial charge in [0.15, 0.2) is 17.2 Å². The highest BCUT2D eigenvalue weighted by molar-refractivity contribution is 8.26. The summed E-state index contributed by atoms with van der Waals surface area (Å²) in [6, 6.07) is 0. The molecule has 0 aromatic carbocycles. The van der Waals surface area contributed by atoms with Gasteiger partial charge in [0.25, 0.3) is 5.24 Å². The average Bonchev–Trinajstić information content (AvgIpc) is 3.31. The van der Waals surface area contributed by atoms with E-state index in [1.54, 1.807) is 20.2 Å². The van der Waals surface area contributed by atoms with Gasteiger partial charge in [0.2, 0.25) is 5.12 Å². The smallest absolute Gasteiger partial charge is 0.288 e. The summed E-state index contributed by atoms with van der Waals surface area (Å²) in [6.07, 6.45) is 8.18. The number of rotatable bonds is 1. The van der Waals surface area contributed by atoms with Crippen LogP contribution in [0, 0.1) is 22.7 Å². The zero-order valence-corrected chi connectivity index (χ0v) is 21.5. The first-order chi connectivity index (χ1) is 15.8. The lowest BCUT2D eigenvalue weighted by Gasteiger charge is -2.55. The van der Waals surface area contributed by atoms with Gasteiger partial charge in [0, 0.05) is 43.1 Å². The number of ketones is 1. The first-order valence-corrected chi connectivity index (χ1v) is 13.0. The third-order valence-electron chi connectivity index (χ3n) is 9.74. The minimum atomic E-state index is -1.21. The SMILES string of the molecule is CN(C)C(=O)SC(=O)[C@@]12OC(C)(C)O[C@@H]1CC1C3CC=C4CC(=O)C=CC4(C)[C@@]34O[C@H]4CC12C. The lowest BCUT2D eigenvalue weighted by Crippen LogP contribution is -2.62. The van der Waals surface area contributed by atoms with Crippen molar-refractivity contribution >= 4 is 27.9 Å². The van der Waals surface area contributed by atoms with Crippen LogP contribution in [0.5, 0.6) is 0 Å². The van der Waals surface area contributed by atoms with E-state index < -0.39 is 22.9 Å². The van der Waals surface area contributed by atoms with Crippen molar-refractivity contribution in [3.63, 3.8) is 0 Å². The van der Waals surface area contributed by atoms with E-state index in [1.807, 2.05) is 13.8 Å². The van der Waals surface area contributed by atoms with E-state index >= 15 is 0 Å². The second-order valence-electron chi connectivity index (χ2n) is 12.0. The Bertz CT molecular complexity index is 1080. The van der Waals surface area contributed by atoms with E-state index in [-0.39, 0.29) is 45.1 Å². The Morgan fingerprint density at radius 3 is 2.53 bits per heavy atom. The highest BCUT2D eigenvalue weighted by Gasteiger charge is 2.84. The maximum Gasteiger partial charge on any atom is 0.288 e. The van der Waals surface area contributed by atoms with Gasteiger partial charge < -0.3 is 19.1 Å². The Labute approximate surface area is 204 Å². The topological polar surface area (TPSA) is 85.4 Å².